The zero-order valence-electron chi connectivity index (χ0n) is 11.7. The molecule has 1 rings (SSSR count). The van der Waals surface area contributed by atoms with Crippen LogP contribution in [-0.2, 0) is 29.0 Å². The minimum absolute atomic E-state index is 0. The number of nitrogens with one attached hydrogen (secondary N) is 2. The summed E-state index contributed by atoms with van der Waals surface area (Å²) in [6.45, 7) is 4.63. The Bertz CT molecular complexity index is 487. The molecule has 0 fully saturated rings. The number of thiazole rings is 1. The monoisotopic (exact) mass is 401 g/mol. The summed E-state index contributed by atoms with van der Waals surface area (Å²) in [7, 11) is 0. The Labute approximate surface area is 138 Å². The molecule has 10 heteroatoms. The molecular weight excluding hydrogens is 385 g/mol. The maximum absolute atomic E-state index is 11.4. The zero-order valence-corrected chi connectivity index (χ0v) is 14.2. The molecule has 0 saturated carbocycles. The summed E-state index contributed by atoms with van der Waals surface area (Å²) >= 11 is 1.26. The molecule has 0 aliphatic carbocycles. The van der Waals surface area contributed by atoms with Crippen molar-refractivity contribution in [2.24, 2.45) is 0 Å². The van der Waals surface area contributed by atoms with Crippen molar-refractivity contribution in [2.75, 3.05) is 6.54 Å². The maximum atomic E-state index is 11.4. The smallest absolute Gasteiger partial charge is 0.610 e. The van der Waals surface area contributed by atoms with Crippen LogP contribution in [0.2, 0.25) is 0 Å². The topological polar surface area (TPSA) is 111 Å². The first-order valence-corrected chi connectivity index (χ1v) is 6.60. The van der Waals surface area contributed by atoms with Gasteiger partial charge in [-0.15, -0.1) is 11.3 Å². The Balaban J connectivity index is 0.00000400. The molecule has 1 aromatic rings. The molecule has 8 nitrogen and oxygen atoms in total. The van der Waals surface area contributed by atoms with Gasteiger partial charge in [0, 0.05) is 5.38 Å². The van der Waals surface area contributed by atoms with E-state index < -0.39 is 30.1 Å². The predicted octanol–water partition coefficient (Wildman–Crippen LogP) is 1.21. The fraction of sp³-hybridized carbons (Fsp3) is 0.455. The number of carbonyl (C=O) groups excluding carboxylic acids is 3. The predicted molar refractivity (Wildman–Crippen MR) is 72.2 cm³/mol. The number of hydrogen-bond acceptors (Lipinski definition) is 6. The van der Waals surface area contributed by atoms with E-state index in [0.717, 1.165) is 0 Å². The molecular formula is C11H15N4O4RuS. The normalized spacial score (nSPS) is 10.0. The van der Waals surface area contributed by atoms with E-state index >= 15 is 0 Å². The second-order valence-electron chi connectivity index (χ2n) is 4.67. The zero-order chi connectivity index (χ0) is 15.2. The Morgan fingerprint density at radius 2 is 2.00 bits per heavy atom. The van der Waals surface area contributed by atoms with Crippen molar-refractivity contribution in [3.05, 3.63) is 21.9 Å². The number of nitrogens with zero attached hydrogens (tertiary/aromatic N) is 2. The van der Waals surface area contributed by atoms with Crippen molar-refractivity contribution in [1.82, 2.24) is 15.8 Å². The molecule has 0 unspecified atom stereocenters. The molecule has 1 aromatic heterocycles. The van der Waals surface area contributed by atoms with Crippen molar-refractivity contribution in [1.29, 1.82) is 0 Å². The van der Waals surface area contributed by atoms with Crippen LogP contribution in [0.3, 0.4) is 0 Å². The van der Waals surface area contributed by atoms with Gasteiger partial charge < -0.3 is 10.1 Å². The number of hydrazine groups is 1. The van der Waals surface area contributed by atoms with Crippen LogP contribution in [0.25, 0.3) is 5.32 Å². The SMILES string of the molecule is CC(C)(C)OC(=O)[N-]CC(=O)NNC(=O)c1cscn1.[Ru+]. The van der Waals surface area contributed by atoms with Crippen LogP contribution in [0.1, 0.15) is 31.3 Å². The van der Waals surface area contributed by atoms with E-state index in [1.807, 2.05) is 0 Å². The number of hydrogen-bond donors (Lipinski definition) is 2. The summed E-state index contributed by atoms with van der Waals surface area (Å²) < 4.78 is 4.89. The summed E-state index contributed by atoms with van der Waals surface area (Å²) in [4.78, 5) is 37.8. The van der Waals surface area contributed by atoms with Gasteiger partial charge in [0.25, 0.3) is 5.91 Å². The van der Waals surface area contributed by atoms with E-state index in [2.05, 4.69) is 21.2 Å². The Hall–Kier alpha value is -1.54. The van der Waals surface area contributed by atoms with E-state index in [9.17, 15) is 14.4 Å². The molecule has 0 spiro atoms. The molecule has 0 aliphatic heterocycles. The van der Waals surface area contributed by atoms with Gasteiger partial charge in [-0.25, -0.2) is 4.98 Å². The van der Waals surface area contributed by atoms with E-state index in [0.29, 0.717) is 0 Å². The van der Waals surface area contributed by atoms with Gasteiger partial charge in [0.2, 0.25) is 12.0 Å². The van der Waals surface area contributed by atoms with E-state index in [-0.39, 0.29) is 25.2 Å². The van der Waals surface area contributed by atoms with Crippen LogP contribution in [0.4, 0.5) is 4.79 Å². The molecule has 0 bridgehead atoms. The third-order valence-corrected chi connectivity index (χ3v) is 2.31. The average molecular weight is 400 g/mol. The standard InChI is InChI=1S/C11H16N4O4S.Ru/c1-11(2,3)19-10(18)12-4-8(16)14-15-9(17)7-5-20-6-13-7;/h5-6H,4H2,1-3H3,(H3,12,14,15,16,17,18);/q;+1/p-1. The fourth-order valence-electron chi connectivity index (χ4n) is 0.985. The molecule has 21 heavy (non-hydrogen) atoms. The largest absolute Gasteiger partial charge is 1.00 e. The van der Waals surface area contributed by atoms with Crippen LogP contribution in [0, 0.1) is 0 Å². The van der Waals surface area contributed by atoms with Crippen LogP contribution >= 0.6 is 11.3 Å². The van der Waals surface area contributed by atoms with E-state index in [4.69, 9.17) is 4.74 Å². The maximum Gasteiger partial charge on any atom is 1.00 e. The first-order chi connectivity index (χ1) is 9.28. The molecule has 2 N–H and O–H groups in total. The number of ether oxygens (including phenoxy) is 1. The van der Waals surface area contributed by atoms with Crippen LogP contribution < -0.4 is 10.9 Å². The second kappa shape index (κ2) is 8.68. The van der Waals surface area contributed by atoms with Gasteiger partial charge in [0.05, 0.1) is 5.51 Å². The van der Waals surface area contributed by atoms with E-state index in [1.165, 1.54) is 22.2 Å². The first-order valence-electron chi connectivity index (χ1n) is 5.66. The molecule has 0 atom stereocenters. The average Bonchev–Trinajstić information content (AvgIpc) is 2.85. The van der Waals surface area contributed by atoms with Crippen molar-refractivity contribution in [3.8, 4) is 0 Å². The summed E-state index contributed by atoms with van der Waals surface area (Å²) in [5.41, 5.74) is 5.28. The van der Waals surface area contributed by atoms with Crippen LogP contribution in [0.15, 0.2) is 10.9 Å². The van der Waals surface area contributed by atoms with Crippen molar-refractivity contribution >= 4 is 29.2 Å². The van der Waals surface area contributed by atoms with Crippen molar-refractivity contribution in [3.63, 3.8) is 0 Å². The number of aromatic nitrogens is 1. The summed E-state index contributed by atoms with van der Waals surface area (Å²) in [6.07, 6.45) is -0.835. The van der Waals surface area contributed by atoms with Gasteiger partial charge >= 0.3 is 19.5 Å². The van der Waals surface area contributed by atoms with Gasteiger partial charge in [0.15, 0.2) is 0 Å². The number of carbonyl (C=O) groups is 3. The number of amides is 3. The molecule has 0 aliphatic rings. The Morgan fingerprint density at radius 3 is 2.52 bits per heavy atom. The van der Waals surface area contributed by atoms with Gasteiger partial charge in [-0.2, -0.15) is 0 Å². The molecule has 3 amide bonds. The summed E-state index contributed by atoms with van der Waals surface area (Å²) in [6, 6.07) is 0. The van der Waals surface area contributed by atoms with Gasteiger partial charge in [0.1, 0.15) is 11.3 Å². The van der Waals surface area contributed by atoms with Crippen LogP contribution in [0.5, 0.6) is 0 Å². The van der Waals surface area contributed by atoms with Gasteiger partial charge in [-0.05, 0) is 27.3 Å². The fourth-order valence-corrected chi connectivity index (χ4v) is 1.52. The van der Waals surface area contributed by atoms with E-state index in [1.54, 1.807) is 20.8 Å². The van der Waals surface area contributed by atoms with Gasteiger partial charge in [-0.1, -0.05) is 0 Å². The molecule has 0 saturated heterocycles. The minimum atomic E-state index is -0.835. The van der Waals surface area contributed by atoms with Gasteiger partial charge in [-0.3, -0.25) is 25.2 Å². The quantitative estimate of drug-likeness (QED) is 0.585. The third kappa shape index (κ3) is 8.36. The summed E-state index contributed by atoms with van der Waals surface area (Å²) in [5.74, 6) is -1.18. The Morgan fingerprint density at radius 1 is 1.33 bits per heavy atom. The Kier molecular flexibility index (Phi) is 8.05. The van der Waals surface area contributed by atoms with Crippen molar-refractivity contribution in [2.45, 2.75) is 26.4 Å². The molecule has 1 radical (unpaired) electrons. The second-order valence-corrected chi connectivity index (χ2v) is 5.39. The molecule has 1 heterocycles. The van der Waals surface area contributed by atoms with Crippen LogP contribution in [-0.4, -0.2) is 35.0 Å². The van der Waals surface area contributed by atoms with Crippen molar-refractivity contribution < 1.29 is 38.6 Å². The first kappa shape index (κ1) is 19.5. The summed E-state index contributed by atoms with van der Waals surface area (Å²) in [5, 5.41) is 4.95. The third-order valence-electron chi connectivity index (χ3n) is 1.73. The molecule has 117 valence electrons. The molecule has 0 aromatic carbocycles. The number of rotatable bonds is 3. The minimum Gasteiger partial charge on any atom is -0.610 e.